The predicted octanol–water partition coefficient (Wildman–Crippen LogP) is 0.205. The number of hydrogen-bond acceptors (Lipinski definition) is 3. The number of hydrazine groups is 2. The molecule has 1 rings (SSSR count). The van der Waals surface area contributed by atoms with Crippen molar-refractivity contribution < 1.29 is 0 Å². The minimum Gasteiger partial charge on any atom is -0.300 e. The third kappa shape index (κ3) is 3.25. The monoisotopic (exact) mass is 226 g/mol. The molecule has 0 heterocycles. The van der Waals surface area contributed by atoms with Crippen molar-refractivity contribution in [1.82, 2.24) is 16.3 Å². The Morgan fingerprint density at radius 3 is 2.29 bits per heavy atom. The first kappa shape index (κ1) is 10.8. The van der Waals surface area contributed by atoms with Gasteiger partial charge in [-0.3, -0.25) is 16.3 Å². The van der Waals surface area contributed by atoms with Gasteiger partial charge in [-0.15, -0.1) is 0 Å². The molecule has 1 aromatic carbocycles. The van der Waals surface area contributed by atoms with E-state index in [-0.39, 0.29) is 5.11 Å². The molecule has 0 aromatic heterocycles. The summed E-state index contributed by atoms with van der Waals surface area (Å²) in [6, 6.07) is 9.53. The minimum absolute atomic E-state index is 0.281. The van der Waals surface area contributed by atoms with Gasteiger partial charge in [0.25, 0.3) is 0 Å². The van der Waals surface area contributed by atoms with Crippen LogP contribution < -0.4 is 22.1 Å². The number of nitrogens with one attached hydrogen (secondary N) is 3. The fraction of sp³-hybridized carbons (Fsp3) is 0. The average Bonchev–Trinajstić information content (AvgIpc) is 2.26. The highest BCUT2D eigenvalue weighted by atomic mass is 32.1. The Kier molecular flexibility index (Phi) is 4.24. The molecule has 6 heteroatoms. The van der Waals surface area contributed by atoms with Crippen LogP contribution in [-0.2, 0) is 0 Å². The maximum absolute atomic E-state index is 5.09. The average molecular weight is 226 g/mol. The van der Waals surface area contributed by atoms with Crippen LogP contribution in [0.5, 0.6) is 0 Å². The second kappa shape index (κ2) is 5.48. The lowest BCUT2D eigenvalue weighted by molar-refractivity contribution is 0.836. The van der Waals surface area contributed by atoms with Crippen LogP contribution in [0.25, 0.3) is 0 Å². The Morgan fingerprint density at radius 1 is 1.07 bits per heavy atom. The molecular formula is C8H10N4S2. The molecule has 0 saturated heterocycles. The van der Waals surface area contributed by atoms with Crippen molar-refractivity contribution in [2.45, 2.75) is 0 Å². The van der Waals surface area contributed by atoms with E-state index in [1.807, 2.05) is 30.3 Å². The second-order valence-corrected chi connectivity index (χ2v) is 3.24. The maximum Gasteiger partial charge on any atom is 0.199 e. The van der Waals surface area contributed by atoms with Crippen molar-refractivity contribution in [2.24, 2.45) is 5.84 Å². The van der Waals surface area contributed by atoms with E-state index in [4.69, 9.17) is 30.3 Å². The van der Waals surface area contributed by atoms with E-state index in [1.165, 1.54) is 0 Å². The quantitative estimate of drug-likeness (QED) is 0.312. The summed E-state index contributed by atoms with van der Waals surface area (Å²) in [6.45, 7) is 0. The molecule has 0 bridgehead atoms. The Bertz CT molecular complexity index is 325. The molecule has 0 spiro atoms. The van der Waals surface area contributed by atoms with Crippen LogP contribution in [0.15, 0.2) is 30.3 Å². The van der Waals surface area contributed by atoms with Gasteiger partial charge in [-0.2, -0.15) is 0 Å². The van der Waals surface area contributed by atoms with Gasteiger partial charge in [0, 0.05) is 5.56 Å². The molecule has 0 radical (unpaired) electrons. The first-order valence-electron chi connectivity index (χ1n) is 3.86. The highest BCUT2D eigenvalue weighted by Crippen LogP contribution is 1.97. The molecule has 0 unspecified atom stereocenters. The predicted molar refractivity (Wildman–Crippen MR) is 64.3 cm³/mol. The summed E-state index contributed by atoms with van der Waals surface area (Å²) < 4.78 is 0. The van der Waals surface area contributed by atoms with Crippen LogP contribution in [0.4, 0.5) is 0 Å². The summed E-state index contributed by atoms with van der Waals surface area (Å²) in [5.41, 5.74) is 8.56. The summed E-state index contributed by atoms with van der Waals surface area (Å²) in [4.78, 5) is 0.559. The van der Waals surface area contributed by atoms with Crippen molar-refractivity contribution >= 4 is 34.5 Å². The normalized spacial score (nSPS) is 8.93. The molecule has 5 N–H and O–H groups in total. The molecule has 1 aromatic rings. The molecule has 0 saturated carbocycles. The zero-order valence-corrected chi connectivity index (χ0v) is 8.91. The summed E-state index contributed by atoms with van der Waals surface area (Å²) in [5.74, 6) is 5.06. The molecule has 0 aliphatic carbocycles. The Hall–Kier alpha value is -1.24. The number of nitrogens with two attached hydrogens (primary N) is 1. The first-order chi connectivity index (χ1) is 6.74. The van der Waals surface area contributed by atoms with Crippen LogP contribution in [0.2, 0.25) is 0 Å². The van der Waals surface area contributed by atoms with Gasteiger partial charge in [0.15, 0.2) is 5.11 Å². The van der Waals surface area contributed by atoms with E-state index >= 15 is 0 Å². The van der Waals surface area contributed by atoms with E-state index in [9.17, 15) is 0 Å². The number of hydrogen-bond donors (Lipinski definition) is 4. The molecule has 14 heavy (non-hydrogen) atoms. The van der Waals surface area contributed by atoms with Gasteiger partial charge < -0.3 is 0 Å². The van der Waals surface area contributed by atoms with Gasteiger partial charge in [-0.25, -0.2) is 5.84 Å². The Balaban J connectivity index is 2.48. The SMILES string of the molecule is NNC(=S)NNC(=S)c1ccccc1. The van der Waals surface area contributed by atoms with E-state index < -0.39 is 0 Å². The van der Waals surface area contributed by atoms with E-state index in [0.29, 0.717) is 4.99 Å². The van der Waals surface area contributed by atoms with E-state index in [2.05, 4.69) is 16.3 Å². The molecule has 74 valence electrons. The standard InChI is InChI=1S/C8H10N4S2/c9-10-8(14)12-11-7(13)6-4-2-1-3-5-6/h1-5H,9H2,(H,11,13)(H2,10,12,14). The molecule has 0 atom stereocenters. The number of benzene rings is 1. The van der Waals surface area contributed by atoms with Crippen molar-refractivity contribution in [3.63, 3.8) is 0 Å². The zero-order chi connectivity index (χ0) is 10.4. The zero-order valence-electron chi connectivity index (χ0n) is 7.28. The molecule has 0 aliphatic heterocycles. The molecular weight excluding hydrogens is 216 g/mol. The third-order valence-electron chi connectivity index (χ3n) is 1.46. The summed E-state index contributed by atoms with van der Waals surface area (Å²) >= 11 is 9.84. The smallest absolute Gasteiger partial charge is 0.199 e. The summed E-state index contributed by atoms with van der Waals surface area (Å²) in [7, 11) is 0. The lowest BCUT2D eigenvalue weighted by Gasteiger charge is -2.10. The number of thiocarbonyl (C=S) groups is 2. The fourth-order valence-corrected chi connectivity index (χ4v) is 1.05. The van der Waals surface area contributed by atoms with Gasteiger partial charge in [0.1, 0.15) is 4.99 Å². The van der Waals surface area contributed by atoms with Gasteiger partial charge >= 0.3 is 0 Å². The van der Waals surface area contributed by atoms with Crippen molar-refractivity contribution in [2.75, 3.05) is 0 Å². The van der Waals surface area contributed by atoms with Gasteiger partial charge in [0.2, 0.25) is 0 Å². The minimum atomic E-state index is 0.281. The first-order valence-corrected chi connectivity index (χ1v) is 4.67. The van der Waals surface area contributed by atoms with Crippen molar-refractivity contribution in [3.05, 3.63) is 35.9 Å². The van der Waals surface area contributed by atoms with Crippen LogP contribution in [0, 0.1) is 0 Å². The second-order valence-electron chi connectivity index (χ2n) is 2.42. The van der Waals surface area contributed by atoms with Gasteiger partial charge in [-0.1, -0.05) is 42.5 Å². The van der Waals surface area contributed by atoms with Gasteiger partial charge in [0.05, 0.1) is 0 Å². The fourth-order valence-electron chi connectivity index (χ4n) is 0.811. The largest absolute Gasteiger partial charge is 0.300 e. The van der Waals surface area contributed by atoms with E-state index in [1.54, 1.807) is 0 Å². The van der Waals surface area contributed by atoms with Crippen LogP contribution >= 0.6 is 24.4 Å². The molecule has 0 amide bonds. The Labute approximate surface area is 92.8 Å². The van der Waals surface area contributed by atoms with Crippen molar-refractivity contribution in [1.29, 1.82) is 0 Å². The van der Waals surface area contributed by atoms with Crippen LogP contribution in [-0.4, -0.2) is 10.1 Å². The topological polar surface area (TPSA) is 62.1 Å². The van der Waals surface area contributed by atoms with Crippen molar-refractivity contribution in [3.8, 4) is 0 Å². The summed E-state index contributed by atoms with van der Waals surface area (Å²) in [5, 5.41) is 0.281. The van der Waals surface area contributed by atoms with E-state index in [0.717, 1.165) is 5.56 Å². The lowest BCUT2D eigenvalue weighted by atomic mass is 10.2. The van der Waals surface area contributed by atoms with Crippen LogP contribution in [0.1, 0.15) is 5.56 Å². The highest BCUT2D eigenvalue weighted by molar-refractivity contribution is 7.81. The Morgan fingerprint density at radius 2 is 1.71 bits per heavy atom. The molecule has 0 aliphatic rings. The molecule has 4 nitrogen and oxygen atoms in total. The highest BCUT2D eigenvalue weighted by Gasteiger charge is 1.98. The van der Waals surface area contributed by atoms with Crippen LogP contribution in [0.3, 0.4) is 0 Å². The molecule has 0 fully saturated rings. The number of rotatable bonds is 1. The van der Waals surface area contributed by atoms with Gasteiger partial charge in [-0.05, 0) is 12.2 Å². The third-order valence-corrected chi connectivity index (χ3v) is 2.01. The summed E-state index contributed by atoms with van der Waals surface area (Å²) in [6.07, 6.45) is 0. The maximum atomic E-state index is 5.09. The lowest BCUT2D eigenvalue weighted by Crippen LogP contribution is -2.48.